The lowest BCUT2D eigenvalue weighted by molar-refractivity contribution is -0.125. The van der Waals surface area contributed by atoms with Gasteiger partial charge in [-0.05, 0) is 18.9 Å². The fraction of sp³-hybridized carbons (Fsp3) is 0.588. The van der Waals surface area contributed by atoms with Crippen LogP contribution in [0, 0.1) is 17.8 Å². The summed E-state index contributed by atoms with van der Waals surface area (Å²) in [6.07, 6.45) is 8.35. The minimum atomic E-state index is 0.210. The second-order valence-electron chi connectivity index (χ2n) is 5.57. The Kier molecular flexibility index (Phi) is 6.78. The largest absolute Gasteiger partial charge is 0.351 e. The molecule has 21 heavy (non-hydrogen) atoms. The third kappa shape index (κ3) is 5.53. The van der Waals surface area contributed by atoms with Gasteiger partial charge in [-0.2, -0.15) is 0 Å². The van der Waals surface area contributed by atoms with E-state index in [2.05, 4.69) is 17.2 Å². The summed E-state index contributed by atoms with van der Waals surface area (Å²) in [6, 6.07) is 2.03. The van der Waals surface area contributed by atoms with Gasteiger partial charge >= 0.3 is 0 Å². The minimum Gasteiger partial charge on any atom is -0.351 e. The molecule has 1 aliphatic carbocycles. The number of carbonyl (C=O) groups is 1. The molecule has 0 radical (unpaired) electrons. The van der Waals surface area contributed by atoms with E-state index in [1.807, 2.05) is 11.4 Å². The van der Waals surface area contributed by atoms with Crippen LogP contribution in [-0.4, -0.2) is 12.5 Å². The molecule has 2 rings (SSSR count). The Morgan fingerprint density at radius 3 is 2.71 bits per heavy atom. The Morgan fingerprint density at radius 1 is 1.29 bits per heavy atom. The Labute approximate surface area is 131 Å². The van der Waals surface area contributed by atoms with Crippen LogP contribution in [0.15, 0.2) is 11.4 Å². The summed E-state index contributed by atoms with van der Waals surface area (Å²) in [5, 5.41) is 5.10. The highest BCUT2D eigenvalue weighted by Gasteiger charge is 2.18. The van der Waals surface area contributed by atoms with Crippen molar-refractivity contribution in [1.29, 1.82) is 0 Å². The van der Waals surface area contributed by atoms with E-state index in [0.717, 1.165) is 23.3 Å². The van der Waals surface area contributed by atoms with Gasteiger partial charge in [0.25, 0.3) is 0 Å². The van der Waals surface area contributed by atoms with Crippen molar-refractivity contribution < 1.29 is 4.79 Å². The van der Waals surface area contributed by atoms with Gasteiger partial charge in [-0.1, -0.05) is 43.9 Å². The molecule has 0 spiro atoms. The van der Waals surface area contributed by atoms with Gasteiger partial charge in [0.15, 0.2) is 0 Å². The smallest absolute Gasteiger partial charge is 0.223 e. The molecule has 4 heteroatoms. The first-order chi connectivity index (χ1) is 10.3. The molecule has 1 aliphatic rings. The van der Waals surface area contributed by atoms with Gasteiger partial charge in [-0.15, -0.1) is 11.3 Å². The first-order valence-electron chi connectivity index (χ1n) is 7.83. The SMILES string of the molecule is NCC#Cc1csc(CNC(=O)C2CCCCCCC2)c1. The quantitative estimate of drug-likeness (QED) is 0.843. The first-order valence-corrected chi connectivity index (χ1v) is 8.71. The normalized spacial score (nSPS) is 16.4. The summed E-state index contributed by atoms with van der Waals surface area (Å²) in [5.41, 5.74) is 6.35. The number of hydrogen-bond acceptors (Lipinski definition) is 3. The van der Waals surface area contributed by atoms with E-state index in [9.17, 15) is 4.79 Å². The Bertz CT molecular complexity index is 504. The van der Waals surface area contributed by atoms with E-state index in [4.69, 9.17) is 5.73 Å². The molecule has 0 atom stereocenters. The molecule has 114 valence electrons. The molecular weight excluding hydrogens is 280 g/mol. The van der Waals surface area contributed by atoms with Crippen LogP contribution in [0.3, 0.4) is 0 Å². The molecule has 0 saturated heterocycles. The average molecular weight is 304 g/mol. The second-order valence-corrected chi connectivity index (χ2v) is 6.56. The molecule has 1 aromatic heterocycles. The number of thiophene rings is 1. The molecule has 1 saturated carbocycles. The fourth-order valence-electron chi connectivity index (χ4n) is 2.73. The lowest BCUT2D eigenvalue weighted by atomic mass is 9.90. The topological polar surface area (TPSA) is 55.1 Å². The highest BCUT2D eigenvalue weighted by atomic mass is 32.1. The van der Waals surface area contributed by atoms with E-state index < -0.39 is 0 Å². The summed E-state index contributed by atoms with van der Waals surface area (Å²) < 4.78 is 0. The first kappa shape index (κ1) is 16.1. The van der Waals surface area contributed by atoms with Gasteiger partial charge in [-0.25, -0.2) is 0 Å². The van der Waals surface area contributed by atoms with Gasteiger partial charge in [0.2, 0.25) is 5.91 Å². The number of rotatable bonds is 3. The molecule has 1 heterocycles. The van der Waals surface area contributed by atoms with Gasteiger partial charge in [-0.3, -0.25) is 4.79 Å². The summed E-state index contributed by atoms with van der Waals surface area (Å²) >= 11 is 1.64. The van der Waals surface area contributed by atoms with Crippen molar-refractivity contribution in [2.24, 2.45) is 11.7 Å². The standard InChI is InChI=1S/C17H24N2OS/c18-10-6-7-14-11-16(21-13-14)12-19-17(20)15-8-4-2-1-3-5-9-15/h11,13,15H,1-5,8-10,12,18H2,(H,19,20). The van der Waals surface area contributed by atoms with Crippen LogP contribution in [0.5, 0.6) is 0 Å². The monoisotopic (exact) mass is 304 g/mol. The van der Waals surface area contributed by atoms with E-state index >= 15 is 0 Å². The molecule has 1 fully saturated rings. The highest BCUT2D eigenvalue weighted by Crippen LogP contribution is 2.22. The van der Waals surface area contributed by atoms with Crippen LogP contribution in [0.4, 0.5) is 0 Å². The van der Waals surface area contributed by atoms with Crippen molar-refractivity contribution in [1.82, 2.24) is 5.32 Å². The van der Waals surface area contributed by atoms with Gasteiger partial charge in [0.1, 0.15) is 0 Å². The van der Waals surface area contributed by atoms with E-state index in [-0.39, 0.29) is 11.8 Å². The van der Waals surface area contributed by atoms with Crippen molar-refractivity contribution in [2.75, 3.05) is 6.54 Å². The zero-order valence-electron chi connectivity index (χ0n) is 12.5. The van der Waals surface area contributed by atoms with Crippen LogP contribution in [0.1, 0.15) is 55.4 Å². The van der Waals surface area contributed by atoms with Crippen LogP contribution < -0.4 is 11.1 Å². The minimum absolute atomic E-state index is 0.210. The number of nitrogens with one attached hydrogen (secondary N) is 1. The summed E-state index contributed by atoms with van der Waals surface area (Å²) in [7, 11) is 0. The fourth-order valence-corrected chi connectivity index (χ4v) is 3.48. The molecular formula is C17H24N2OS. The number of amides is 1. The molecule has 0 aliphatic heterocycles. The Morgan fingerprint density at radius 2 is 2.00 bits per heavy atom. The molecule has 0 aromatic carbocycles. The summed E-state index contributed by atoms with van der Waals surface area (Å²) in [5.74, 6) is 6.29. The summed E-state index contributed by atoms with van der Waals surface area (Å²) in [4.78, 5) is 13.4. The molecule has 1 amide bonds. The van der Waals surface area contributed by atoms with E-state index in [0.29, 0.717) is 13.1 Å². The van der Waals surface area contributed by atoms with Crippen molar-refractivity contribution in [2.45, 2.75) is 51.5 Å². The number of carbonyl (C=O) groups excluding carboxylic acids is 1. The zero-order chi connectivity index (χ0) is 14.9. The van der Waals surface area contributed by atoms with Crippen molar-refractivity contribution in [3.63, 3.8) is 0 Å². The summed E-state index contributed by atoms with van der Waals surface area (Å²) in [6.45, 7) is 0.994. The molecule has 3 nitrogen and oxygen atoms in total. The van der Waals surface area contributed by atoms with E-state index in [1.54, 1.807) is 11.3 Å². The predicted octanol–water partition coefficient (Wildman–Crippen LogP) is 3.04. The molecule has 0 unspecified atom stereocenters. The lowest BCUT2D eigenvalue weighted by Crippen LogP contribution is -2.30. The third-order valence-electron chi connectivity index (χ3n) is 3.90. The second kappa shape index (κ2) is 8.86. The lowest BCUT2D eigenvalue weighted by Gasteiger charge is -2.18. The maximum atomic E-state index is 12.3. The Balaban J connectivity index is 1.81. The number of hydrogen-bond donors (Lipinski definition) is 2. The molecule has 1 aromatic rings. The third-order valence-corrected chi connectivity index (χ3v) is 4.84. The number of nitrogens with two attached hydrogens (primary N) is 1. The zero-order valence-corrected chi connectivity index (χ0v) is 13.3. The van der Waals surface area contributed by atoms with Gasteiger partial charge < -0.3 is 11.1 Å². The van der Waals surface area contributed by atoms with Crippen molar-refractivity contribution in [3.8, 4) is 11.8 Å². The maximum Gasteiger partial charge on any atom is 0.223 e. The van der Waals surface area contributed by atoms with E-state index in [1.165, 1.54) is 32.1 Å². The van der Waals surface area contributed by atoms with Crippen LogP contribution in [0.25, 0.3) is 0 Å². The maximum absolute atomic E-state index is 12.3. The van der Waals surface area contributed by atoms with Crippen LogP contribution in [0.2, 0.25) is 0 Å². The average Bonchev–Trinajstić information content (AvgIpc) is 2.90. The van der Waals surface area contributed by atoms with Crippen LogP contribution in [-0.2, 0) is 11.3 Å². The van der Waals surface area contributed by atoms with Gasteiger partial charge in [0, 0.05) is 21.7 Å². The van der Waals surface area contributed by atoms with Crippen molar-refractivity contribution in [3.05, 3.63) is 21.9 Å². The molecule has 3 N–H and O–H groups in total. The van der Waals surface area contributed by atoms with Crippen molar-refractivity contribution >= 4 is 17.2 Å². The molecule has 0 bridgehead atoms. The highest BCUT2D eigenvalue weighted by molar-refractivity contribution is 7.10. The predicted molar refractivity (Wildman–Crippen MR) is 87.9 cm³/mol. The Hall–Kier alpha value is -1.31. The van der Waals surface area contributed by atoms with Gasteiger partial charge in [0.05, 0.1) is 13.1 Å². The van der Waals surface area contributed by atoms with Crippen LogP contribution >= 0.6 is 11.3 Å².